The molecule has 1 N–H and O–H groups in total. The summed E-state index contributed by atoms with van der Waals surface area (Å²) >= 11 is 1.36. The molecule has 3 rings (SSSR count). The van der Waals surface area contributed by atoms with Gasteiger partial charge in [0.1, 0.15) is 0 Å². The number of carbonyl (C=O) groups excluding carboxylic acids is 1. The number of nitrogens with one attached hydrogen (secondary N) is 1. The zero-order valence-corrected chi connectivity index (χ0v) is 15.1. The van der Waals surface area contributed by atoms with Crippen molar-refractivity contribution in [1.82, 2.24) is 4.31 Å². The molecular formula is C17H20N2O3S2. The number of nitrogens with zero attached hydrogens (tertiary/aromatic N) is 1. The number of sulfonamides is 1. The monoisotopic (exact) mass is 364 g/mol. The Morgan fingerprint density at radius 1 is 1.21 bits per heavy atom. The predicted octanol–water partition coefficient (Wildman–Crippen LogP) is 3.56. The van der Waals surface area contributed by atoms with Gasteiger partial charge < -0.3 is 5.32 Å². The van der Waals surface area contributed by atoms with Gasteiger partial charge in [-0.1, -0.05) is 12.5 Å². The molecular weight excluding hydrogens is 344 g/mol. The third-order valence-corrected chi connectivity index (χ3v) is 7.10. The fourth-order valence-electron chi connectivity index (χ4n) is 2.87. The lowest BCUT2D eigenvalue weighted by molar-refractivity contribution is 0.103. The lowest BCUT2D eigenvalue weighted by Gasteiger charge is -2.32. The van der Waals surface area contributed by atoms with E-state index < -0.39 is 10.0 Å². The second kappa shape index (κ2) is 7.04. The van der Waals surface area contributed by atoms with Gasteiger partial charge in [-0.2, -0.15) is 4.31 Å². The summed E-state index contributed by atoms with van der Waals surface area (Å²) in [4.78, 5) is 12.9. The van der Waals surface area contributed by atoms with Crippen molar-refractivity contribution in [2.45, 2.75) is 37.1 Å². The minimum atomic E-state index is -3.48. The lowest BCUT2D eigenvalue weighted by Crippen LogP contribution is -2.41. The van der Waals surface area contributed by atoms with Crippen molar-refractivity contribution in [2.75, 3.05) is 11.9 Å². The van der Waals surface area contributed by atoms with E-state index in [1.807, 2.05) is 18.4 Å². The third kappa shape index (κ3) is 3.53. The molecule has 2 aromatic rings. The molecule has 5 nitrogen and oxygen atoms in total. The van der Waals surface area contributed by atoms with E-state index in [1.54, 1.807) is 34.6 Å². The number of benzene rings is 1. The van der Waals surface area contributed by atoms with Crippen LogP contribution in [0.3, 0.4) is 0 Å². The topological polar surface area (TPSA) is 66.5 Å². The molecule has 1 fully saturated rings. The highest BCUT2D eigenvalue weighted by Crippen LogP contribution is 2.26. The fraction of sp³-hybridized carbons (Fsp3) is 0.353. The van der Waals surface area contributed by atoms with Crippen molar-refractivity contribution in [3.05, 3.63) is 46.7 Å². The summed E-state index contributed by atoms with van der Waals surface area (Å²) in [5.74, 6) is -0.190. The van der Waals surface area contributed by atoms with E-state index in [0.717, 1.165) is 19.3 Å². The highest BCUT2D eigenvalue weighted by Gasteiger charge is 2.30. The van der Waals surface area contributed by atoms with Gasteiger partial charge in [0, 0.05) is 18.3 Å². The Morgan fingerprint density at radius 3 is 2.58 bits per heavy atom. The quantitative estimate of drug-likeness (QED) is 0.902. The Labute approximate surface area is 146 Å². The molecule has 0 spiro atoms. The lowest BCUT2D eigenvalue weighted by atomic mass is 10.1. The summed E-state index contributed by atoms with van der Waals surface area (Å²) in [5.41, 5.74) is 0.582. The van der Waals surface area contributed by atoms with Gasteiger partial charge in [0.05, 0.1) is 9.77 Å². The van der Waals surface area contributed by atoms with Crippen molar-refractivity contribution in [2.24, 2.45) is 0 Å². The molecule has 1 amide bonds. The average Bonchev–Trinajstić information content (AvgIpc) is 3.10. The van der Waals surface area contributed by atoms with E-state index in [4.69, 9.17) is 0 Å². The maximum absolute atomic E-state index is 12.8. The molecule has 1 aromatic heterocycles. The normalized spacial score (nSPS) is 19.1. The number of carbonyl (C=O) groups is 1. The predicted molar refractivity (Wildman–Crippen MR) is 95.9 cm³/mol. The second-order valence-electron chi connectivity index (χ2n) is 5.92. The van der Waals surface area contributed by atoms with Gasteiger partial charge in [0.2, 0.25) is 10.0 Å². The zero-order chi connectivity index (χ0) is 17.2. The minimum Gasteiger partial charge on any atom is -0.321 e. The molecule has 7 heteroatoms. The maximum Gasteiger partial charge on any atom is 0.265 e. The highest BCUT2D eigenvalue weighted by atomic mass is 32.2. The first kappa shape index (κ1) is 17.1. The van der Waals surface area contributed by atoms with Crippen LogP contribution in [0.4, 0.5) is 5.69 Å². The SMILES string of the molecule is C[C@H]1CCCCN1S(=O)(=O)c1ccc(NC(=O)c2cccs2)cc1. The summed E-state index contributed by atoms with van der Waals surface area (Å²) in [7, 11) is -3.48. The van der Waals surface area contributed by atoms with Gasteiger partial charge in [0.15, 0.2) is 0 Å². The number of piperidine rings is 1. The van der Waals surface area contributed by atoms with Crippen LogP contribution in [-0.4, -0.2) is 31.2 Å². The Kier molecular flexibility index (Phi) is 5.03. The average molecular weight is 364 g/mol. The molecule has 0 saturated carbocycles. The Morgan fingerprint density at radius 2 is 1.96 bits per heavy atom. The van der Waals surface area contributed by atoms with Crippen LogP contribution < -0.4 is 5.32 Å². The summed E-state index contributed by atoms with van der Waals surface area (Å²) in [5, 5.41) is 4.61. The molecule has 0 unspecified atom stereocenters. The van der Waals surface area contributed by atoms with Crippen LogP contribution >= 0.6 is 11.3 Å². The first-order valence-corrected chi connectivity index (χ1v) is 10.3. The molecule has 1 aliphatic rings. The molecule has 2 heterocycles. The van der Waals surface area contributed by atoms with Crippen molar-refractivity contribution in [1.29, 1.82) is 0 Å². The molecule has 1 atom stereocenters. The number of thiophene rings is 1. The van der Waals surface area contributed by atoms with Crippen LogP contribution in [0.5, 0.6) is 0 Å². The van der Waals surface area contributed by atoms with E-state index in [-0.39, 0.29) is 16.8 Å². The van der Waals surface area contributed by atoms with Crippen molar-refractivity contribution in [3.8, 4) is 0 Å². The summed E-state index contributed by atoms with van der Waals surface area (Å²) in [6, 6.07) is 9.97. The second-order valence-corrected chi connectivity index (χ2v) is 8.75. The van der Waals surface area contributed by atoms with Crippen LogP contribution in [0.15, 0.2) is 46.7 Å². The van der Waals surface area contributed by atoms with Gasteiger partial charge in [0.25, 0.3) is 5.91 Å². The van der Waals surface area contributed by atoms with Crippen LogP contribution in [0.2, 0.25) is 0 Å². The molecule has 128 valence electrons. The van der Waals surface area contributed by atoms with E-state index in [2.05, 4.69) is 5.32 Å². The van der Waals surface area contributed by atoms with Gasteiger partial charge in [-0.3, -0.25) is 4.79 Å². The van der Waals surface area contributed by atoms with Crippen LogP contribution in [0, 0.1) is 0 Å². The number of anilines is 1. The van der Waals surface area contributed by atoms with Crippen LogP contribution in [0.25, 0.3) is 0 Å². The molecule has 1 saturated heterocycles. The number of hydrogen-bond acceptors (Lipinski definition) is 4. The van der Waals surface area contributed by atoms with Gasteiger partial charge in [-0.15, -0.1) is 11.3 Å². The summed E-state index contributed by atoms with van der Waals surface area (Å²) in [6.45, 7) is 2.52. The zero-order valence-electron chi connectivity index (χ0n) is 13.4. The van der Waals surface area contributed by atoms with Gasteiger partial charge in [-0.05, 0) is 55.5 Å². The largest absolute Gasteiger partial charge is 0.321 e. The van der Waals surface area contributed by atoms with Crippen molar-refractivity contribution < 1.29 is 13.2 Å². The Balaban J connectivity index is 1.75. The van der Waals surface area contributed by atoms with Crippen molar-refractivity contribution in [3.63, 3.8) is 0 Å². The first-order chi connectivity index (χ1) is 11.5. The molecule has 0 bridgehead atoms. The highest BCUT2D eigenvalue weighted by molar-refractivity contribution is 7.89. The molecule has 1 aliphatic heterocycles. The number of hydrogen-bond donors (Lipinski definition) is 1. The van der Waals surface area contributed by atoms with Gasteiger partial charge in [-0.25, -0.2) is 8.42 Å². The van der Waals surface area contributed by atoms with Gasteiger partial charge >= 0.3 is 0 Å². The minimum absolute atomic E-state index is 0.0296. The first-order valence-electron chi connectivity index (χ1n) is 7.95. The number of rotatable bonds is 4. The Hall–Kier alpha value is -1.70. The fourth-order valence-corrected chi connectivity index (χ4v) is 5.19. The van der Waals surface area contributed by atoms with Crippen molar-refractivity contribution >= 4 is 33.0 Å². The van der Waals surface area contributed by atoms with E-state index >= 15 is 0 Å². The standard InChI is InChI=1S/C17H20N2O3S2/c1-13-5-2-3-11-19(13)24(21,22)15-9-7-14(8-10-15)18-17(20)16-6-4-12-23-16/h4,6-10,12-13H,2-3,5,11H2,1H3,(H,18,20)/t13-/m0/s1. The van der Waals surface area contributed by atoms with E-state index in [1.165, 1.54) is 11.3 Å². The van der Waals surface area contributed by atoms with E-state index in [9.17, 15) is 13.2 Å². The van der Waals surface area contributed by atoms with E-state index in [0.29, 0.717) is 17.1 Å². The van der Waals surface area contributed by atoms with Crippen LogP contribution in [-0.2, 0) is 10.0 Å². The molecule has 1 aromatic carbocycles. The molecule has 0 radical (unpaired) electrons. The smallest absolute Gasteiger partial charge is 0.265 e. The number of amides is 1. The molecule has 0 aliphatic carbocycles. The summed E-state index contributed by atoms with van der Waals surface area (Å²) < 4.78 is 27.1. The Bertz CT molecular complexity index is 799. The maximum atomic E-state index is 12.8. The van der Waals surface area contributed by atoms with Crippen LogP contribution in [0.1, 0.15) is 35.9 Å². The third-order valence-electron chi connectivity index (χ3n) is 4.21. The summed E-state index contributed by atoms with van der Waals surface area (Å²) in [6.07, 6.45) is 2.87. The molecule has 24 heavy (non-hydrogen) atoms.